The van der Waals surface area contributed by atoms with Gasteiger partial charge in [0.05, 0.1) is 6.21 Å². The van der Waals surface area contributed by atoms with E-state index in [1.807, 2.05) is 25.1 Å². The Balaban J connectivity index is 1.50. The molecule has 2 aliphatic rings. The number of rotatable bonds is 6. The van der Waals surface area contributed by atoms with Gasteiger partial charge >= 0.3 is 0 Å². The Kier molecular flexibility index (Phi) is 5.80. The van der Waals surface area contributed by atoms with Gasteiger partial charge in [0, 0.05) is 26.2 Å². The maximum absolute atomic E-state index is 4.72. The van der Waals surface area contributed by atoms with Crippen molar-refractivity contribution in [1.29, 1.82) is 0 Å². The van der Waals surface area contributed by atoms with Gasteiger partial charge in [0.15, 0.2) is 0 Å². The molecule has 0 unspecified atom stereocenters. The minimum atomic E-state index is 0.502. The molecule has 28 heavy (non-hydrogen) atoms. The number of hydrogen-bond donors (Lipinski definition) is 1. The van der Waals surface area contributed by atoms with Crippen LogP contribution in [0.3, 0.4) is 0 Å². The molecule has 0 spiro atoms. The summed E-state index contributed by atoms with van der Waals surface area (Å²) in [5.74, 6) is 2.01. The van der Waals surface area contributed by atoms with E-state index < -0.39 is 0 Å². The Bertz CT molecular complexity index is 801. The summed E-state index contributed by atoms with van der Waals surface area (Å²) in [6.45, 7) is 6.04. The van der Waals surface area contributed by atoms with E-state index in [1.54, 1.807) is 6.21 Å². The Hall–Kier alpha value is -2.96. The molecule has 146 valence electrons. The van der Waals surface area contributed by atoms with Gasteiger partial charge in [-0.25, -0.2) is 5.43 Å². The van der Waals surface area contributed by atoms with E-state index in [0.29, 0.717) is 5.95 Å². The van der Waals surface area contributed by atoms with Crippen molar-refractivity contribution in [2.45, 2.75) is 32.6 Å². The third-order valence-electron chi connectivity index (χ3n) is 5.02. The zero-order valence-corrected chi connectivity index (χ0v) is 16.4. The van der Waals surface area contributed by atoms with Crippen LogP contribution in [0.2, 0.25) is 0 Å². The smallest absolute Gasteiger partial charge is 0.250 e. The van der Waals surface area contributed by atoms with Gasteiger partial charge in [0.2, 0.25) is 17.8 Å². The molecular weight excluding hydrogens is 350 g/mol. The Morgan fingerprint density at radius 1 is 0.893 bits per heavy atom. The predicted molar refractivity (Wildman–Crippen MR) is 115 cm³/mol. The zero-order valence-electron chi connectivity index (χ0n) is 16.4. The normalized spacial score (nSPS) is 17.7. The maximum atomic E-state index is 4.72. The van der Waals surface area contributed by atoms with Gasteiger partial charge in [0.25, 0.3) is 0 Å². The first-order chi connectivity index (χ1) is 13.8. The van der Waals surface area contributed by atoms with E-state index in [0.717, 1.165) is 49.2 Å². The first kappa shape index (κ1) is 18.4. The van der Waals surface area contributed by atoms with Gasteiger partial charge in [-0.3, -0.25) is 0 Å². The SMILES string of the molecule is CC(/C=N/Nc1nc(N2CCCC2)nc(N2CCCC2)n1)=C\c1ccccc1. The summed E-state index contributed by atoms with van der Waals surface area (Å²) in [6.07, 6.45) is 8.64. The van der Waals surface area contributed by atoms with Crippen LogP contribution in [-0.2, 0) is 0 Å². The van der Waals surface area contributed by atoms with Crippen LogP contribution in [0.5, 0.6) is 0 Å². The summed E-state index contributed by atoms with van der Waals surface area (Å²) in [5.41, 5.74) is 5.20. The molecule has 2 fully saturated rings. The van der Waals surface area contributed by atoms with Crippen molar-refractivity contribution in [3.63, 3.8) is 0 Å². The van der Waals surface area contributed by atoms with Gasteiger partial charge in [-0.15, -0.1) is 0 Å². The molecule has 0 saturated carbocycles. The third kappa shape index (κ3) is 4.65. The number of anilines is 3. The topological polar surface area (TPSA) is 69.5 Å². The molecule has 2 aliphatic heterocycles. The number of allylic oxidation sites excluding steroid dienone is 1. The number of nitrogens with one attached hydrogen (secondary N) is 1. The van der Waals surface area contributed by atoms with Gasteiger partial charge in [-0.1, -0.05) is 36.4 Å². The van der Waals surface area contributed by atoms with Gasteiger partial charge in [-0.05, 0) is 43.7 Å². The quantitative estimate of drug-likeness (QED) is 0.613. The molecule has 0 bridgehead atoms. The van der Waals surface area contributed by atoms with Crippen LogP contribution in [0, 0.1) is 0 Å². The van der Waals surface area contributed by atoms with Gasteiger partial charge in [0.1, 0.15) is 0 Å². The molecule has 7 nitrogen and oxygen atoms in total. The van der Waals surface area contributed by atoms with Crippen molar-refractivity contribution in [1.82, 2.24) is 15.0 Å². The molecule has 1 N–H and O–H groups in total. The molecule has 1 aromatic carbocycles. The van der Waals surface area contributed by atoms with Crippen molar-refractivity contribution >= 4 is 30.1 Å². The van der Waals surface area contributed by atoms with Crippen molar-refractivity contribution in [3.05, 3.63) is 41.5 Å². The number of nitrogens with zero attached hydrogens (tertiary/aromatic N) is 6. The van der Waals surface area contributed by atoms with Crippen molar-refractivity contribution in [2.75, 3.05) is 41.4 Å². The highest BCUT2D eigenvalue weighted by Crippen LogP contribution is 2.22. The molecule has 2 saturated heterocycles. The molecule has 1 aromatic heterocycles. The summed E-state index contributed by atoms with van der Waals surface area (Å²) in [5, 5.41) is 4.34. The lowest BCUT2D eigenvalue weighted by molar-refractivity contribution is 0.838. The molecular formula is C21H27N7. The number of hydrazone groups is 1. The second kappa shape index (κ2) is 8.82. The van der Waals surface area contributed by atoms with Crippen LogP contribution in [0.1, 0.15) is 38.2 Å². The third-order valence-corrected chi connectivity index (χ3v) is 5.02. The minimum Gasteiger partial charge on any atom is -0.341 e. The van der Waals surface area contributed by atoms with Crippen molar-refractivity contribution in [2.24, 2.45) is 5.10 Å². The maximum Gasteiger partial charge on any atom is 0.250 e. The summed E-state index contributed by atoms with van der Waals surface area (Å²) < 4.78 is 0. The number of aromatic nitrogens is 3. The highest BCUT2D eigenvalue weighted by molar-refractivity contribution is 5.85. The van der Waals surface area contributed by atoms with Crippen LogP contribution in [0.4, 0.5) is 17.8 Å². The van der Waals surface area contributed by atoms with E-state index in [4.69, 9.17) is 4.98 Å². The number of benzene rings is 1. The lowest BCUT2D eigenvalue weighted by Crippen LogP contribution is -2.25. The Morgan fingerprint density at radius 2 is 1.46 bits per heavy atom. The highest BCUT2D eigenvalue weighted by atomic mass is 15.4. The Morgan fingerprint density at radius 3 is 2.04 bits per heavy atom. The second-order valence-electron chi connectivity index (χ2n) is 7.32. The van der Waals surface area contributed by atoms with Crippen molar-refractivity contribution < 1.29 is 0 Å². The van der Waals surface area contributed by atoms with Gasteiger partial charge < -0.3 is 9.80 Å². The molecule has 0 atom stereocenters. The standard InChI is InChI=1S/C21H27N7/c1-17(15-18-9-3-2-4-10-18)16-22-26-19-23-20(27-11-5-6-12-27)25-21(24-19)28-13-7-8-14-28/h2-4,9-10,15-16H,5-8,11-14H2,1H3,(H,23,24,25,26)/b17-15+,22-16+. The fourth-order valence-corrected chi connectivity index (χ4v) is 3.56. The van der Waals surface area contributed by atoms with E-state index in [1.165, 1.54) is 25.7 Å². The first-order valence-corrected chi connectivity index (χ1v) is 10.1. The van der Waals surface area contributed by atoms with E-state index in [-0.39, 0.29) is 0 Å². The van der Waals surface area contributed by atoms with Crippen molar-refractivity contribution in [3.8, 4) is 0 Å². The molecule has 4 rings (SSSR count). The fourth-order valence-electron chi connectivity index (χ4n) is 3.56. The lowest BCUT2D eigenvalue weighted by Gasteiger charge is -2.20. The minimum absolute atomic E-state index is 0.502. The molecule has 0 radical (unpaired) electrons. The fraction of sp³-hybridized carbons (Fsp3) is 0.429. The monoisotopic (exact) mass is 377 g/mol. The Labute approximate surface area is 166 Å². The van der Waals surface area contributed by atoms with Crippen LogP contribution in [0.15, 0.2) is 41.0 Å². The number of hydrogen-bond acceptors (Lipinski definition) is 7. The molecule has 2 aromatic rings. The first-order valence-electron chi connectivity index (χ1n) is 10.1. The van der Waals surface area contributed by atoms with Crippen LogP contribution in [-0.4, -0.2) is 47.3 Å². The molecule has 0 amide bonds. The summed E-state index contributed by atoms with van der Waals surface area (Å²) in [7, 11) is 0. The predicted octanol–water partition coefficient (Wildman–Crippen LogP) is 3.57. The summed E-state index contributed by atoms with van der Waals surface area (Å²) in [4.78, 5) is 18.4. The lowest BCUT2D eigenvalue weighted by atomic mass is 10.1. The zero-order chi connectivity index (χ0) is 19.2. The molecule has 3 heterocycles. The average molecular weight is 377 g/mol. The summed E-state index contributed by atoms with van der Waals surface area (Å²) >= 11 is 0. The van der Waals surface area contributed by atoms with Gasteiger partial charge in [-0.2, -0.15) is 20.1 Å². The molecule has 0 aliphatic carbocycles. The molecule has 7 heteroatoms. The van der Waals surface area contributed by atoms with Crippen LogP contribution < -0.4 is 15.2 Å². The highest BCUT2D eigenvalue weighted by Gasteiger charge is 2.21. The van der Waals surface area contributed by atoms with E-state index >= 15 is 0 Å². The van der Waals surface area contributed by atoms with Crippen LogP contribution >= 0.6 is 0 Å². The second-order valence-corrected chi connectivity index (χ2v) is 7.32. The largest absolute Gasteiger partial charge is 0.341 e. The summed E-state index contributed by atoms with van der Waals surface area (Å²) in [6, 6.07) is 10.2. The van der Waals surface area contributed by atoms with E-state index in [2.05, 4.69) is 48.5 Å². The van der Waals surface area contributed by atoms with E-state index in [9.17, 15) is 0 Å². The van der Waals surface area contributed by atoms with Crippen LogP contribution in [0.25, 0.3) is 6.08 Å². The average Bonchev–Trinajstić information content (AvgIpc) is 3.43.